The van der Waals surface area contributed by atoms with Crippen LogP contribution in [0.4, 0.5) is 0 Å². The molecule has 1 unspecified atom stereocenters. The molecule has 3 heterocycles. The number of nitrogens with zero attached hydrogens (tertiary/aromatic N) is 5. The van der Waals surface area contributed by atoms with Crippen LogP contribution in [-0.4, -0.2) is 38.1 Å². The van der Waals surface area contributed by atoms with Crippen LogP contribution in [0.2, 0.25) is 0 Å². The smallest absolute Gasteiger partial charge is 0.238 e. The molecule has 4 rings (SSSR count). The Morgan fingerprint density at radius 2 is 1.96 bits per heavy atom. The number of aromatic nitrogens is 4. The van der Waals surface area contributed by atoms with Crippen molar-refractivity contribution < 1.29 is 9.47 Å². The van der Waals surface area contributed by atoms with Crippen molar-refractivity contribution in [2.45, 2.75) is 25.4 Å². The number of methoxy groups -OCH3 is 1. The van der Waals surface area contributed by atoms with E-state index in [4.69, 9.17) is 14.5 Å². The summed E-state index contributed by atoms with van der Waals surface area (Å²) < 4.78 is 13.1. The summed E-state index contributed by atoms with van der Waals surface area (Å²) >= 11 is 0. The minimum atomic E-state index is 0.230. The molecule has 1 fully saturated rings. The van der Waals surface area contributed by atoms with Gasteiger partial charge in [-0.05, 0) is 43.7 Å². The zero-order valence-corrected chi connectivity index (χ0v) is 15.6. The molecule has 1 saturated heterocycles. The predicted molar refractivity (Wildman–Crippen MR) is 101 cm³/mol. The summed E-state index contributed by atoms with van der Waals surface area (Å²) in [5.41, 5.74) is 0.938. The largest absolute Gasteiger partial charge is 0.497 e. The number of benzene rings is 1. The van der Waals surface area contributed by atoms with E-state index in [2.05, 4.69) is 19.4 Å². The van der Waals surface area contributed by atoms with Crippen LogP contribution in [0.5, 0.6) is 17.4 Å². The molecule has 0 spiro atoms. The maximum Gasteiger partial charge on any atom is 0.238 e. The molecule has 1 aromatic carbocycles. The molecule has 0 saturated carbocycles. The summed E-state index contributed by atoms with van der Waals surface area (Å²) in [4.78, 5) is 15.9. The third-order valence-corrected chi connectivity index (χ3v) is 4.88. The average Bonchev–Trinajstić information content (AvgIpc) is 3.32. The molecule has 7 nitrogen and oxygen atoms in total. The van der Waals surface area contributed by atoms with Gasteiger partial charge in [-0.3, -0.25) is 9.88 Å². The van der Waals surface area contributed by atoms with Crippen LogP contribution >= 0.6 is 0 Å². The Hall–Kier alpha value is -2.93. The van der Waals surface area contributed by atoms with E-state index in [9.17, 15) is 0 Å². The van der Waals surface area contributed by atoms with Gasteiger partial charge in [0.05, 0.1) is 37.8 Å². The predicted octanol–water partition coefficient (Wildman–Crippen LogP) is 3.35. The maximum atomic E-state index is 5.87. The Morgan fingerprint density at radius 1 is 1.15 bits per heavy atom. The Balaban J connectivity index is 1.49. The van der Waals surface area contributed by atoms with E-state index in [-0.39, 0.29) is 6.04 Å². The fourth-order valence-corrected chi connectivity index (χ4v) is 3.42. The minimum absolute atomic E-state index is 0.230. The van der Waals surface area contributed by atoms with E-state index in [1.807, 2.05) is 49.9 Å². The highest BCUT2D eigenvalue weighted by molar-refractivity contribution is 5.33. The first-order valence-electron chi connectivity index (χ1n) is 9.07. The number of likely N-dealkylation sites (tertiary alicyclic amines) is 1. The van der Waals surface area contributed by atoms with Crippen LogP contribution in [0.3, 0.4) is 0 Å². The molecule has 0 N–H and O–H groups in total. The van der Waals surface area contributed by atoms with Crippen LogP contribution in [0, 0.1) is 0 Å². The highest BCUT2D eigenvalue weighted by Gasteiger charge is 2.28. The lowest BCUT2D eigenvalue weighted by molar-refractivity contribution is 0.234. The van der Waals surface area contributed by atoms with Crippen molar-refractivity contribution in [1.82, 2.24) is 24.4 Å². The normalized spacial score (nSPS) is 17.2. The van der Waals surface area contributed by atoms with Crippen LogP contribution in [0.1, 0.15) is 30.4 Å². The molecule has 2 aromatic heterocycles. The van der Waals surface area contributed by atoms with Gasteiger partial charge in [0.25, 0.3) is 0 Å². The maximum absolute atomic E-state index is 5.87. The summed E-state index contributed by atoms with van der Waals surface area (Å²) in [6.45, 7) is 1.84. The lowest BCUT2D eigenvalue weighted by atomic mass is 10.1. The summed E-state index contributed by atoms with van der Waals surface area (Å²) in [5.74, 6) is 3.05. The van der Waals surface area contributed by atoms with Gasteiger partial charge in [-0.1, -0.05) is 0 Å². The van der Waals surface area contributed by atoms with Crippen molar-refractivity contribution in [3.8, 4) is 17.4 Å². The Morgan fingerprint density at radius 3 is 2.70 bits per heavy atom. The van der Waals surface area contributed by atoms with Crippen LogP contribution < -0.4 is 9.47 Å². The highest BCUT2D eigenvalue weighted by Crippen LogP contribution is 2.32. The molecule has 0 aliphatic carbocycles. The molecule has 1 aliphatic heterocycles. The van der Waals surface area contributed by atoms with Crippen molar-refractivity contribution in [2.75, 3.05) is 13.7 Å². The topological polar surface area (TPSA) is 65.3 Å². The van der Waals surface area contributed by atoms with Gasteiger partial charge in [-0.15, -0.1) is 0 Å². The van der Waals surface area contributed by atoms with Crippen molar-refractivity contribution in [1.29, 1.82) is 0 Å². The summed E-state index contributed by atoms with van der Waals surface area (Å²) in [5, 5.41) is 0. The minimum Gasteiger partial charge on any atom is -0.497 e. The molecular weight excluding hydrogens is 342 g/mol. The van der Waals surface area contributed by atoms with Crippen LogP contribution in [0.15, 0.2) is 49.1 Å². The van der Waals surface area contributed by atoms with E-state index < -0.39 is 0 Å². The third kappa shape index (κ3) is 3.93. The number of ether oxygens (including phenoxy) is 2. The van der Waals surface area contributed by atoms with Crippen molar-refractivity contribution in [3.63, 3.8) is 0 Å². The fourth-order valence-electron chi connectivity index (χ4n) is 3.42. The quantitative estimate of drug-likeness (QED) is 0.667. The SMILES string of the molecule is COc1ccc(Oc2cncc(C3CCCN3Cc3nccn3C)n2)cc1. The molecule has 1 atom stereocenters. The van der Waals surface area contributed by atoms with Crippen molar-refractivity contribution in [3.05, 3.63) is 60.6 Å². The summed E-state index contributed by atoms with van der Waals surface area (Å²) in [7, 11) is 3.67. The molecule has 7 heteroatoms. The number of aryl methyl sites for hydroxylation is 1. The first kappa shape index (κ1) is 17.5. The van der Waals surface area contributed by atoms with Gasteiger partial charge >= 0.3 is 0 Å². The number of imidazole rings is 1. The third-order valence-electron chi connectivity index (χ3n) is 4.88. The standard InChI is InChI=1S/C20H23N5O2/c1-24-11-9-22-19(24)14-25-10-3-4-18(25)17-12-21-13-20(23-17)27-16-7-5-15(26-2)6-8-16/h5-9,11-13,18H,3-4,10,14H2,1-2H3. The van der Waals surface area contributed by atoms with E-state index in [1.54, 1.807) is 13.3 Å². The van der Waals surface area contributed by atoms with Crippen molar-refractivity contribution in [2.24, 2.45) is 7.05 Å². The zero-order chi connectivity index (χ0) is 18.6. The number of hydrogen-bond donors (Lipinski definition) is 0. The fraction of sp³-hybridized carbons (Fsp3) is 0.350. The molecule has 0 bridgehead atoms. The first-order chi connectivity index (χ1) is 13.2. The van der Waals surface area contributed by atoms with E-state index in [0.717, 1.165) is 43.2 Å². The molecular formula is C20H23N5O2. The molecule has 0 radical (unpaired) electrons. The van der Waals surface area contributed by atoms with E-state index in [1.165, 1.54) is 0 Å². The summed E-state index contributed by atoms with van der Waals surface area (Å²) in [6.07, 6.45) is 9.49. The lowest BCUT2D eigenvalue weighted by Crippen LogP contribution is -2.25. The molecule has 27 heavy (non-hydrogen) atoms. The monoisotopic (exact) mass is 365 g/mol. The van der Waals surface area contributed by atoms with Gasteiger partial charge in [0.15, 0.2) is 0 Å². The number of rotatable bonds is 6. The van der Waals surface area contributed by atoms with Crippen LogP contribution in [-0.2, 0) is 13.6 Å². The average molecular weight is 365 g/mol. The Kier molecular flexibility index (Phi) is 5.02. The van der Waals surface area contributed by atoms with Gasteiger partial charge < -0.3 is 14.0 Å². The van der Waals surface area contributed by atoms with Gasteiger partial charge in [0.2, 0.25) is 5.88 Å². The van der Waals surface area contributed by atoms with Crippen molar-refractivity contribution >= 4 is 0 Å². The molecule has 140 valence electrons. The zero-order valence-electron chi connectivity index (χ0n) is 15.6. The number of hydrogen-bond acceptors (Lipinski definition) is 6. The van der Waals surface area contributed by atoms with Gasteiger partial charge in [-0.25, -0.2) is 9.97 Å². The molecule has 1 aliphatic rings. The second-order valence-electron chi connectivity index (χ2n) is 6.64. The second-order valence-corrected chi connectivity index (χ2v) is 6.64. The molecule has 3 aromatic rings. The van der Waals surface area contributed by atoms with E-state index >= 15 is 0 Å². The first-order valence-corrected chi connectivity index (χ1v) is 9.07. The molecule has 0 amide bonds. The van der Waals surface area contributed by atoms with Gasteiger partial charge in [-0.2, -0.15) is 0 Å². The van der Waals surface area contributed by atoms with Crippen LogP contribution in [0.25, 0.3) is 0 Å². The lowest BCUT2D eigenvalue weighted by Gasteiger charge is -2.23. The summed E-state index contributed by atoms with van der Waals surface area (Å²) in [6, 6.07) is 7.66. The Bertz CT molecular complexity index is 893. The van der Waals surface area contributed by atoms with Gasteiger partial charge in [0, 0.05) is 19.4 Å². The van der Waals surface area contributed by atoms with Gasteiger partial charge in [0.1, 0.15) is 17.3 Å². The highest BCUT2D eigenvalue weighted by atomic mass is 16.5. The Labute approximate surface area is 158 Å². The second kappa shape index (κ2) is 7.75. The van der Waals surface area contributed by atoms with E-state index in [0.29, 0.717) is 11.6 Å².